The number of rotatable bonds is 6. The summed E-state index contributed by atoms with van der Waals surface area (Å²) < 4.78 is 1.73. The zero-order valence-corrected chi connectivity index (χ0v) is 21.0. The number of aryl methyl sites for hydroxylation is 2. The molecular formula is C25H30N6O2S. The molecule has 0 spiro atoms. The monoisotopic (exact) mass is 478 g/mol. The fourth-order valence-corrected chi connectivity index (χ4v) is 4.46. The molecule has 1 aliphatic rings. The van der Waals surface area contributed by atoms with E-state index in [1.54, 1.807) is 28.6 Å². The van der Waals surface area contributed by atoms with E-state index in [1.807, 2.05) is 58.9 Å². The molecule has 0 saturated heterocycles. The Bertz CT molecular complexity index is 1190. The summed E-state index contributed by atoms with van der Waals surface area (Å²) in [5, 5.41) is 5.38. The van der Waals surface area contributed by atoms with E-state index >= 15 is 0 Å². The standard InChI is InChI=1S/C25H30N6O2S/c1-15-12-16(2)27-24(26-15)34-14-17-6-8-19(9-7-17)22(32)28-29-23(33)21-13-20(18-10-11-18)30-31(21)25(3,4)5/h6-9,12-13,18H,10-11,14H2,1-5H3,(H,28,32)(H,29,33). The molecule has 1 aromatic carbocycles. The van der Waals surface area contributed by atoms with Crippen LogP contribution in [0.2, 0.25) is 0 Å². The topological polar surface area (TPSA) is 102 Å². The van der Waals surface area contributed by atoms with Crippen LogP contribution in [0.1, 0.15) is 83.0 Å². The minimum Gasteiger partial charge on any atom is -0.267 e. The van der Waals surface area contributed by atoms with Gasteiger partial charge in [0, 0.05) is 28.6 Å². The van der Waals surface area contributed by atoms with E-state index in [0.29, 0.717) is 22.9 Å². The zero-order chi connectivity index (χ0) is 24.5. The van der Waals surface area contributed by atoms with Gasteiger partial charge in [-0.25, -0.2) is 9.97 Å². The van der Waals surface area contributed by atoms with Gasteiger partial charge in [0.1, 0.15) is 5.69 Å². The lowest BCUT2D eigenvalue weighted by Crippen LogP contribution is -2.43. The lowest BCUT2D eigenvalue weighted by Gasteiger charge is -2.22. The van der Waals surface area contributed by atoms with Gasteiger partial charge in [-0.15, -0.1) is 0 Å². The number of nitrogens with zero attached hydrogens (tertiary/aromatic N) is 4. The Kier molecular flexibility index (Phi) is 6.74. The maximum atomic E-state index is 12.8. The molecule has 0 atom stereocenters. The second kappa shape index (κ2) is 9.58. The fourth-order valence-electron chi connectivity index (χ4n) is 3.56. The van der Waals surface area contributed by atoms with Crippen LogP contribution in [-0.2, 0) is 11.3 Å². The Labute approximate surface area is 203 Å². The van der Waals surface area contributed by atoms with Crippen molar-refractivity contribution in [2.24, 2.45) is 0 Å². The van der Waals surface area contributed by atoms with Gasteiger partial charge in [-0.1, -0.05) is 23.9 Å². The molecule has 0 unspecified atom stereocenters. The number of hydrogen-bond acceptors (Lipinski definition) is 6. The summed E-state index contributed by atoms with van der Waals surface area (Å²) in [5.74, 6) is 0.364. The molecule has 34 heavy (non-hydrogen) atoms. The van der Waals surface area contributed by atoms with E-state index < -0.39 is 0 Å². The first kappa shape index (κ1) is 23.9. The molecule has 1 aliphatic carbocycles. The van der Waals surface area contributed by atoms with E-state index in [1.165, 1.54) is 0 Å². The van der Waals surface area contributed by atoms with Gasteiger partial charge in [-0.05, 0) is 77.3 Å². The van der Waals surface area contributed by atoms with E-state index in [9.17, 15) is 9.59 Å². The lowest BCUT2D eigenvalue weighted by molar-refractivity contribution is 0.0836. The molecule has 2 heterocycles. The second-order valence-electron chi connectivity index (χ2n) is 9.64. The van der Waals surface area contributed by atoms with Gasteiger partial charge in [0.15, 0.2) is 5.16 Å². The van der Waals surface area contributed by atoms with Gasteiger partial charge in [0.25, 0.3) is 11.8 Å². The Balaban J connectivity index is 1.35. The molecule has 9 heteroatoms. The highest BCUT2D eigenvalue weighted by Gasteiger charge is 2.31. The number of aromatic nitrogens is 4. The Hall–Kier alpha value is -3.20. The summed E-state index contributed by atoms with van der Waals surface area (Å²) in [6.45, 7) is 9.90. The summed E-state index contributed by atoms with van der Waals surface area (Å²) in [7, 11) is 0. The highest BCUT2D eigenvalue weighted by Crippen LogP contribution is 2.40. The van der Waals surface area contributed by atoms with Gasteiger partial charge < -0.3 is 0 Å². The molecule has 8 nitrogen and oxygen atoms in total. The third-order valence-corrected chi connectivity index (χ3v) is 6.35. The number of carbonyl (C=O) groups excluding carboxylic acids is 2. The van der Waals surface area contributed by atoms with E-state index in [-0.39, 0.29) is 17.4 Å². The van der Waals surface area contributed by atoms with Crippen molar-refractivity contribution in [3.63, 3.8) is 0 Å². The van der Waals surface area contributed by atoms with Crippen molar-refractivity contribution in [3.05, 3.63) is 70.3 Å². The van der Waals surface area contributed by atoms with Crippen LogP contribution in [0.25, 0.3) is 0 Å². The van der Waals surface area contributed by atoms with Crippen LogP contribution in [0.3, 0.4) is 0 Å². The van der Waals surface area contributed by atoms with Crippen LogP contribution in [-0.4, -0.2) is 31.6 Å². The van der Waals surface area contributed by atoms with Crippen LogP contribution in [0.15, 0.2) is 41.6 Å². The van der Waals surface area contributed by atoms with Crippen molar-refractivity contribution >= 4 is 23.6 Å². The number of thioether (sulfide) groups is 1. The van der Waals surface area contributed by atoms with E-state index in [4.69, 9.17) is 0 Å². The predicted octanol–water partition coefficient (Wildman–Crippen LogP) is 4.29. The molecule has 2 aromatic heterocycles. The van der Waals surface area contributed by atoms with Gasteiger partial charge >= 0.3 is 0 Å². The highest BCUT2D eigenvalue weighted by molar-refractivity contribution is 7.98. The summed E-state index contributed by atoms with van der Waals surface area (Å²) in [5.41, 5.74) is 9.47. The Morgan fingerprint density at radius 3 is 2.21 bits per heavy atom. The molecule has 0 bridgehead atoms. The maximum absolute atomic E-state index is 12.8. The minimum absolute atomic E-state index is 0.347. The lowest BCUT2D eigenvalue weighted by atomic mass is 10.1. The van der Waals surface area contributed by atoms with Crippen molar-refractivity contribution in [1.82, 2.24) is 30.6 Å². The van der Waals surface area contributed by atoms with Crippen LogP contribution < -0.4 is 10.9 Å². The summed E-state index contributed by atoms with van der Waals surface area (Å²) in [6.07, 6.45) is 2.20. The third kappa shape index (κ3) is 5.83. The SMILES string of the molecule is Cc1cc(C)nc(SCc2ccc(C(=O)NNC(=O)c3cc(C4CC4)nn3C(C)(C)C)cc2)n1. The molecule has 1 fully saturated rings. The molecule has 2 amide bonds. The van der Waals surface area contributed by atoms with Crippen LogP contribution >= 0.6 is 11.8 Å². The van der Waals surface area contributed by atoms with Crippen molar-refractivity contribution in [3.8, 4) is 0 Å². The molecule has 0 radical (unpaired) electrons. The first-order valence-electron chi connectivity index (χ1n) is 11.4. The number of amides is 2. The molecule has 1 saturated carbocycles. The Morgan fingerprint density at radius 2 is 1.62 bits per heavy atom. The largest absolute Gasteiger partial charge is 0.287 e. The normalized spacial score (nSPS) is 13.6. The molecule has 0 aliphatic heterocycles. The van der Waals surface area contributed by atoms with E-state index in [0.717, 1.165) is 40.6 Å². The number of benzene rings is 1. The van der Waals surface area contributed by atoms with Gasteiger partial charge in [0.2, 0.25) is 0 Å². The average Bonchev–Trinajstić information content (AvgIpc) is 3.52. The smallest absolute Gasteiger partial charge is 0.267 e. The first-order valence-corrected chi connectivity index (χ1v) is 12.3. The molecular weight excluding hydrogens is 448 g/mol. The minimum atomic E-state index is -0.385. The number of hydrazine groups is 1. The van der Waals surface area contributed by atoms with Crippen LogP contribution in [0.4, 0.5) is 0 Å². The molecule has 3 aromatic rings. The van der Waals surface area contributed by atoms with Crippen molar-refractivity contribution in [2.45, 2.75) is 69.8 Å². The number of hydrogen-bond donors (Lipinski definition) is 2. The number of carbonyl (C=O) groups is 2. The molecule has 178 valence electrons. The van der Waals surface area contributed by atoms with Crippen molar-refractivity contribution in [1.29, 1.82) is 0 Å². The van der Waals surface area contributed by atoms with Crippen molar-refractivity contribution in [2.75, 3.05) is 0 Å². The van der Waals surface area contributed by atoms with Crippen molar-refractivity contribution < 1.29 is 9.59 Å². The first-order chi connectivity index (χ1) is 16.1. The van der Waals surface area contributed by atoms with Crippen LogP contribution in [0, 0.1) is 13.8 Å². The molecule has 4 rings (SSSR count). The fraction of sp³-hybridized carbons (Fsp3) is 0.400. The predicted molar refractivity (Wildman–Crippen MR) is 132 cm³/mol. The zero-order valence-electron chi connectivity index (χ0n) is 20.2. The highest BCUT2D eigenvalue weighted by atomic mass is 32.2. The number of nitrogens with one attached hydrogen (secondary N) is 2. The summed E-state index contributed by atoms with van der Waals surface area (Å²) >= 11 is 1.55. The average molecular weight is 479 g/mol. The maximum Gasteiger partial charge on any atom is 0.287 e. The van der Waals surface area contributed by atoms with Gasteiger partial charge in [-0.3, -0.25) is 25.1 Å². The Morgan fingerprint density at radius 1 is 1.00 bits per heavy atom. The second-order valence-corrected chi connectivity index (χ2v) is 10.6. The van der Waals surface area contributed by atoms with Crippen LogP contribution in [0.5, 0.6) is 0 Å². The molecule has 2 N–H and O–H groups in total. The van der Waals surface area contributed by atoms with E-state index in [2.05, 4.69) is 25.9 Å². The quantitative estimate of drug-likeness (QED) is 0.311. The summed E-state index contributed by atoms with van der Waals surface area (Å²) in [6, 6.07) is 11.0. The van der Waals surface area contributed by atoms with Gasteiger partial charge in [-0.2, -0.15) is 5.10 Å². The summed E-state index contributed by atoms with van der Waals surface area (Å²) in [4.78, 5) is 34.3. The van der Waals surface area contributed by atoms with Gasteiger partial charge in [0.05, 0.1) is 11.2 Å². The third-order valence-electron chi connectivity index (χ3n) is 5.43.